The fraction of sp³-hybridized carbons (Fsp3) is 0.0571. The molecule has 338 valence electrons. The summed E-state index contributed by atoms with van der Waals surface area (Å²) < 4.78 is 9.34. The van der Waals surface area contributed by atoms with Crippen LogP contribution in [0, 0.1) is 0 Å². The maximum absolute atomic E-state index is 6.74. The van der Waals surface area contributed by atoms with Gasteiger partial charge in [0.1, 0.15) is 11.2 Å². The number of rotatable bonds is 3. The van der Waals surface area contributed by atoms with E-state index in [1.165, 1.54) is 82.6 Å². The Labute approximate surface area is 418 Å². The number of hydrogen-bond acceptors (Lipinski definition) is 1. The van der Waals surface area contributed by atoms with Crippen LogP contribution in [0.1, 0.15) is 47.2 Å². The van der Waals surface area contributed by atoms with E-state index >= 15 is 0 Å². The summed E-state index contributed by atoms with van der Waals surface area (Å²) in [6.45, 7) is 4.80. The Hall–Kier alpha value is -8.98. The zero-order chi connectivity index (χ0) is 47.7. The molecule has 2 aliphatic rings. The van der Waals surface area contributed by atoms with Crippen molar-refractivity contribution in [3.8, 4) is 39.1 Å². The summed E-state index contributed by atoms with van der Waals surface area (Å²) in [5, 5.41) is 9.28. The summed E-state index contributed by atoms with van der Waals surface area (Å²) in [5.74, 6) is 0. The molecule has 0 amide bonds. The van der Waals surface area contributed by atoms with Crippen LogP contribution < -0.4 is 0 Å². The van der Waals surface area contributed by atoms with Gasteiger partial charge in [-0.15, -0.1) is 0 Å². The van der Waals surface area contributed by atoms with Crippen LogP contribution >= 0.6 is 0 Å². The molecular formula is C70H47NO. The third kappa shape index (κ3) is 5.55. The van der Waals surface area contributed by atoms with Crippen molar-refractivity contribution >= 4 is 65.3 Å². The number of furan rings is 1. The van der Waals surface area contributed by atoms with Crippen LogP contribution in [0.2, 0.25) is 0 Å². The van der Waals surface area contributed by atoms with Gasteiger partial charge in [-0.25, -0.2) is 0 Å². The van der Waals surface area contributed by atoms with Crippen LogP contribution in [0.3, 0.4) is 0 Å². The van der Waals surface area contributed by atoms with Crippen LogP contribution in [0.4, 0.5) is 0 Å². The van der Waals surface area contributed by atoms with Gasteiger partial charge in [-0.05, 0) is 114 Å². The molecule has 2 nitrogen and oxygen atoms in total. The lowest BCUT2D eigenvalue weighted by Crippen LogP contribution is -2.40. The molecule has 72 heavy (non-hydrogen) atoms. The van der Waals surface area contributed by atoms with Crippen molar-refractivity contribution in [2.24, 2.45) is 0 Å². The molecule has 2 heteroatoms. The maximum atomic E-state index is 6.74. The lowest BCUT2D eigenvalue weighted by atomic mass is 9.55. The van der Waals surface area contributed by atoms with Crippen LogP contribution in [0.25, 0.3) is 104 Å². The Morgan fingerprint density at radius 2 is 0.792 bits per heavy atom. The van der Waals surface area contributed by atoms with Crippen molar-refractivity contribution < 1.29 is 4.42 Å². The molecule has 13 aromatic rings. The molecule has 0 fully saturated rings. The van der Waals surface area contributed by atoms with Gasteiger partial charge >= 0.3 is 0 Å². The Morgan fingerprint density at radius 3 is 1.46 bits per heavy atom. The molecule has 2 heterocycles. The van der Waals surface area contributed by atoms with Crippen molar-refractivity contribution in [2.75, 3.05) is 0 Å². The smallest absolute Gasteiger partial charge is 0.143 e. The summed E-state index contributed by atoms with van der Waals surface area (Å²) in [6.07, 6.45) is 0. The average molecular weight is 918 g/mol. The highest BCUT2D eigenvalue weighted by molar-refractivity contribution is 6.21. The third-order valence-corrected chi connectivity index (χ3v) is 16.3. The molecule has 15 rings (SSSR count). The van der Waals surface area contributed by atoms with E-state index in [0.717, 1.165) is 55.2 Å². The number of fused-ring (bicyclic) bond motifs is 19. The van der Waals surface area contributed by atoms with Crippen molar-refractivity contribution in [2.45, 2.75) is 24.7 Å². The van der Waals surface area contributed by atoms with Gasteiger partial charge in [-0.2, -0.15) is 0 Å². The van der Waals surface area contributed by atoms with E-state index in [1.54, 1.807) is 0 Å². The quantitative estimate of drug-likeness (QED) is 0.173. The molecule has 2 aliphatic carbocycles. The molecule has 2 aromatic heterocycles. The van der Waals surface area contributed by atoms with Crippen molar-refractivity contribution in [3.05, 3.63) is 282 Å². The number of nitrogens with zero attached hydrogens (tertiary/aromatic N) is 1. The highest BCUT2D eigenvalue weighted by atomic mass is 16.3. The second-order valence-electron chi connectivity index (χ2n) is 20.2. The molecule has 0 saturated heterocycles. The molecule has 0 unspecified atom stereocenters. The van der Waals surface area contributed by atoms with Crippen LogP contribution in [0.15, 0.2) is 253 Å². The minimum absolute atomic E-state index is 0.200. The van der Waals surface area contributed by atoms with E-state index in [1.807, 2.05) is 0 Å². The average Bonchev–Trinajstić information content (AvgIpc) is 3.98. The van der Waals surface area contributed by atoms with Gasteiger partial charge < -0.3 is 8.98 Å². The number of aromatic nitrogens is 1. The van der Waals surface area contributed by atoms with Crippen molar-refractivity contribution in [1.29, 1.82) is 0 Å². The first kappa shape index (κ1) is 40.9. The molecule has 11 aromatic carbocycles. The largest absolute Gasteiger partial charge is 0.455 e. The maximum Gasteiger partial charge on any atom is 0.143 e. The van der Waals surface area contributed by atoms with E-state index in [9.17, 15) is 0 Å². The normalized spacial score (nSPS) is 13.9. The summed E-state index contributed by atoms with van der Waals surface area (Å²) >= 11 is 0. The van der Waals surface area contributed by atoms with Gasteiger partial charge in [0.2, 0.25) is 0 Å². The second kappa shape index (κ2) is 15.3. The summed E-state index contributed by atoms with van der Waals surface area (Å²) in [5.41, 5.74) is 19.5. The van der Waals surface area contributed by atoms with Crippen molar-refractivity contribution in [1.82, 2.24) is 4.57 Å². The first-order chi connectivity index (χ1) is 35.5. The van der Waals surface area contributed by atoms with Crippen LogP contribution in [-0.4, -0.2) is 4.57 Å². The van der Waals surface area contributed by atoms with Crippen LogP contribution in [0.5, 0.6) is 0 Å². The summed E-state index contributed by atoms with van der Waals surface area (Å²) in [4.78, 5) is 0. The fourth-order valence-electron chi connectivity index (χ4n) is 13.2. The second-order valence-corrected chi connectivity index (χ2v) is 20.2. The molecule has 0 N–H and O–H groups in total. The lowest BCUT2D eigenvalue weighted by molar-refractivity contribution is 0.563. The van der Waals surface area contributed by atoms with Crippen molar-refractivity contribution in [3.63, 3.8) is 0 Å². The summed E-state index contributed by atoms with van der Waals surface area (Å²) in [6, 6.07) is 92.8. The lowest BCUT2D eigenvalue weighted by Gasteiger charge is -2.46. The van der Waals surface area contributed by atoms with Gasteiger partial charge in [0.05, 0.1) is 22.1 Å². The zero-order valence-electron chi connectivity index (χ0n) is 40.0. The molecule has 0 radical (unpaired) electrons. The topological polar surface area (TPSA) is 18.1 Å². The Balaban J connectivity index is 1.15. The highest BCUT2D eigenvalue weighted by Crippen LogP contribution is 2.63. The first-order valence-corrected chi connectivity index (χ1v) is 25.2. The Bertz CT molecular complexity index is 4440. The molecule has 0 saturated carbocycles. The molecular weight excluding hydrogens is 871 g/mol. The van der Waals surface area contributed by atoms with E-state index in [-0.39, 0.29) is 5.41 Å². The zero-order valence-corrected chi connectivity index (χ0v) is 40.0. The number of para-hydroxylation sites is 2. The monoisotopic (exact) mass is 917 g/mol. The number of hydrogen-bond donors (Lipinski definition) is 0. The predicted octanol–water partition coefficient (Wildman–Crippen LogP) is 18.5. The minimum Gasteiger partial charge on any atom is -0.455 e. The van der Waals surface area contributed by atoms with E-state index in [4.69, 9.17) is 4.42 Å². The van der Waals surface area contributed by atoms with E-state index in [0.29, 0.717) is 0 Å². The van der Waals surface area contributed by atoms with Crippen LogP contribution in [-0.2, 0) is 10.8 Å². The fourth-order valence-corrected chi connectivity index (χ4v) is 13.2. The first-order valence-electron chi connectivity index (χ1n) is 25.2. The molecule has 0 atom stereocenters. The van der Waals surface area contributed by atoms with Gasteiger partial charge in [-0.3, -0.25) is 0 Å². The summed E-state index contributed by atoms with van der Waals surface area (Å²) in [7, 11) is 0. The Morgan fingerprint density at radius 1 is 0.319 bits per heavy atom. The molecule has 0 aliphatic heterocycles. The standard InChI is InChI=1S/C70H47NO/c1-69(2)58-31-13-15-33-60(58)70(61-34-16-14-32-59(61)69)57-30-12-10-27-54(57)67-62(70)35-19-36-65(67)71-63-40-38-45(44-20-4-3-5-21-44)42-55(63)50-24-8-6-22-48(50)49-23-7-9-25-51(49)56-43-46(39-41-64(56)71)47-28-18-29-53-52-26-11-17-37-66(52)72-68(47)53/h3-43H,1-2H3. The minimum atomic E-state index is -0.554. The Kier molecular flexibility index (Phi) is 8.66. The van der Waals surface area contributed by atoms with Gasteiger partial charge in [0, 0.05) is 38.1 Å². The molecule has 0 bridgehead atoms. The SMILES string of the molecule is CC1(C)c2ccccc2C2(c3ccccc3-c3c(-n4c5ccc(-c6ccccc6)cc5c5ccccc5c5ccccc5c5cc(-c6cccc7c6oc6ccccc67)ccc54)cccc32)c2ccccc21. The number of benzene rings is 11. The van der Waals surface area contributed by atoms with E-state index in [2.05, 4.69) is 267 Å². The van der Waals surface area contributed by atoms with Gasteiger partial charge in [0.25, 0.3) is 0 Å². The highest BCUT2D eigenvalue weighted by Gasteiger charge is 2.53. The van der Waals surface area contributed by atoms with E-state index < -0.39 is 5.41 Å². The van der Waals surface area contributed by atoms with Gasteiger partial charge in [0.15, 0.2) is 0 Å². The molecule has 1 spiro atoms. The predicted molar refractivity (Wildman–Crippen MR) is 301 cm³/mol. The third-order valence-electron chi connectivity index (χ3n) is 16.3. The van der Waals surface area contributed by atoms with Gasteiger partial charge in [-0.1, -0.05) is 226 Å².